The number of fused-ring (bicyclic) bond motifs is 2. The summed E-state index contributed by atoms with van der Waals surface area (Å²) in [5.74, 6) is -0.192. The van der Waals surface area contributed by atoms with E-state index in [0.717, 1.165) is 11.1 Å². The molecule has 3 nitrogen and oxygen atoms in total. The number of alkyl halides is 1. The number of rotatable bonds is 2. The van der Waals surface area contributed by atoms with E-state index in [2.05, 4.69) is 0 Å². The summed E-state index contributed by atoms with van der Waals surface area (Å²) in [4.78, 5) is 26.4. The van der Waals surface area contributed by atoms with Crippen molar-refractivity contribution < 1.29 is 14.0 Å². The molecule has 0 saturated carbocycles. The van der Waals surface area contributed by atoms with E-state index in [0.29, 0.717) is 32.4 Å². The number of hydrogen-bond acceptors (Lipinski definition) is 2. The third kappa shape index (κ3) is 2.16. The molecule has 1 spiro atoms. The van der Waals surface area contributed by atoms with Crippen molar-refractivity contribution >= 4 is 11.7 Å². The number of hydrogen-bond donors (Lipinski definition) is 0. The van der Waals surface area contributed by atoms with Gasteiger partial charge in [-0.15, -0.1) is 0 Å². The van der Waals surface area contributed by atoms with E-state index in [1.807, 2.05) is 24.3 Å². The van der Waals surface area contributed by atoms with Crippen molar-refractivity contribution in [2.24, 2.45) is 0 Å². The summed E-state index contributed by atoms with van der Waals surface area (Å²) in [6, 6.07) is 7.96. The minimum absolute atomic E-state index is 0.176. The van der Waals surface area contributed by atoms with Gasteiger partial charge in [-0.2, -0.15) is 0 Å². The van der Waals surface area contributed by atoms with Crippen molar-refractivity contribution in [3.63, 3.8) is 0 Å². The van der Waals surface area contributed by atoms with Crippen LogP contribution in [0.25, 0.3) is 0 Å². The molecule has 1 aliphatic heterocycles. The summed E-state index contributed by atoms with van der Waals surface area (Å²) in [5.41, 5.74) is -0.0317. The summed E-state index contributed by atoms with van der Waals surface area (Å²) in [6.07, 6.45) is 1.87. The lowest BCUT2D eigenvalue weighted by atomic mass is 9.73. The van der Waals surface area contributed by atoms with Crippen LogP contribution in [0.3, 0.4) is 0 Å². The normalized spacial score (nSPS) is 22.5. The van der Waals surface area contributed by atoms with Crippen LogP contribution in [0.15, 0.2) is 24.3 Å². The molecule has 22 heavy (non-hydrogen) atoms. The second kappa shape index (κ2) is 5.18. The largest absolute Gasteiger partial charge is 0.340 e. The van der Waals surface area contributed by atoms with Gasteiger partial charge in [-0.3, -0.25) is 9.59 Å². The molecule has 0 bridgehead atoms. The van der Waals surface area contributed by atoms with E-state index < -0.39 is 17.0 Å². The molecular weight excluding hydrogens is 281 g/mol. The van der Waals surface area contributed by atoms with Gasteiger partial charge in [0.2, 0.25) is 0 Å². The average Bonchev–Trinajstić information content (AvgIpc) is 2.80. The van der Waals surface area contributed by atoms with Crippen LogP contribution < -0.4 is 0 Å². The van der Waals surface area contributed by atoms with Crippen LogP contribution in [0.1, 0.15) is 44.2 Å². The minimum Gasteiger partial charge on any atom is -0.340 e. The van der Waals surface area contributed by atoms with Gasteiger partial charge in [0.15, 0.2) is 5.67 Å². The maximum Gasteiger partial charge on any atom is 0.259 e. The molecule has 2 aliphatic rings. The van der Waals surface area contributed by atoms with Crippen LogP contribution in [0.5, 0.6) is 0 Å². The molecule has 3 rings (SSSR count). The van der Waals surface area contributed by atoms with Gasteiger partial charge in [-0.1, -0.05) is 31.2 Å². The Labute approximate surface area is 130 Å². The van der Waals surface area contributed by atoms with Gasteiger partial charge in [-0.25, -0.2) is 4.39 Å². The smallest absolute Gasteiger partial charge is 0.259 e. The van der Waals surface area contributed by atoms with Crippen LogP contribution >= 0.6 is 0 Å². The first-order valence-corrected chi connectivity index (χ1v) is 8.01. The second-order valence-corrected chi connectivity index (χ2v) is 6.68. The first-order chi connectivity index (χ1) is 10.4. The molecular formula is C18H22FNO2. The van der Waals surface area contributed by atoms with Gasteiger partial charge in [0, 0.05) is 19.5 Å². The quantitative estimate of drug-likeness (QED) is 0.842. The Bertz CT molecular complexity index is 615. The highest BCUT2D eigenvalue weighted by molar-refractivity contribution is 5.97. The number of nitrogens with zero attached hydrogens (tertiary/aromatic N) is 1. The number of amides is 1. The van der Waals surface area contributed by atoms with Gasteiger partial charge in [0.1, 0.15) is 5.78 Å². The molecule has 1 heterocycles. The zero-order chi connectivity index (χ0) is 16.0. The molecule has 1 saturated heterocycles. The summed E-state index contributed by atoms with van der Waals surface area (Å²) >= 11 is 0. The van der Waals surface area contributed by atoms with E-state index in [1.165, 1.54) is 6.92 Å². The van der Waals surface area contributed by atoms with Crippen molar-refractivity contribution in [3.05, 3.63) is 35.4 Å². The number of carbonyl (C=O) groups excluding carboxylic acids is 2. The van der Waals surface area contributed by atoms with Crippen LogP contribution in [0, 0.1) is 0 Å². The molecule has 118 valence electrons. The highest BCUT2D eigenvalue weighted by Crippen LogP contribution is 2.44. The molecule has 1 atom stereocenters. The molecule has 1 aromatic rings. The van der Waals surface area contributed by atoms with Gasteiger partial charge < -0.3 is 4.90 Å². The summed E-state index contributed by atoms with van der Waals surface area (Å²) in [7, 11) is 0. The summed E-state index contributed by atoms with van der Waals surface area (Å²) in [6.45, 7) is 3.94. The van der Waals surface area contributed by atoms with Crippen molar-refractivity contribution in [2.75, 3.05) is 13.1 Å². The van der Waals surface area contributed by atoms with Crippen molar-refractivity contribution in [2.45, 2.75) is 50.6 Å². The fourth-order valence-electron chi connectivity index (χ4n) is 3.75. The zero-order valence-corrected chi connectivity index (χ0v) is 13.2. The molecule has 1 unspecified atom stereocenters. The molecule has 1 aliphatic carbocycles. The van der Waals surface area contributed by atoms with Gasteiger partial charge >= 0.3 is 0 Å². The second-order valence-electron chi connectivity index (χ2n) is 6.68. The standard InChI is InChI=1S/C18H22FNO2/c1-3-17(2,19)16(22)20-10-8-18(9-11-20)14-7-5-4-6-13(14)12-15(18)21/h4-7H,3,8-12H2,1-2H3. The fourth-order valence-corrected chi connectivity index (χ4v) is 3.75. The highest BCUT2D eigenvalue weighted by atomic mass is 19.1. The van der Waals surface area contributed by atoms with E-state index in [4.69, 9.17) is 0 Å². The molecule has 0 N–H and O–H groups in total. The maximum atomic E-state index is 14.2. The third-order valence-electron chi connectivity index (χ3n) is 5.43. The number of likely N-dealkylation sites (tertiary alicyclic amines) is 1. The SMILES string of the molecule is CCC(C)(F)C(=O)N1CCC2(CC1)C(=O)Cc1ccccc12. The average molecular weight is 303 g/mol. The Kier molecular flexibility index (Phi) is 3.58. The Morgan fingerprint density at radius 2 is 1.95 bits per heavy atom. The number of Topliss-reactive ketones (excluding diaryl/α,β-unsaturated/α-hetero) is 1. The number of piperidine rings is 1. The first kappa shape index (κ1) is 15.2. The molecule has 1 aromatic carbocycles. The van der Waals surface area contributed by atoms with Crippen LogP contribution in [-0.2, 0) is 21.4 Å². The Hall–Kier alpha value is -1.71. The number of halogens is 1. The summed E-state index contributed by atoms with van der Waals surface area (Å²) < 4.78 is 14.2. The third-order valence-corrected chi connectivity index (χ3v) is 5.43. The Balaban J connectivity index is 1.80. The monoisotopic (exact) mass is 303 g/mol. The predicted octanol–water partition coefficient (Wildman–Crippen LogP) is 2.81. The van der Waals surface area contributed by atoms with E-state index in [9.17, 15) is 14.0 Å². The van der Waals surface area contributed by atoms with Gasteiger partial charge in [-0.05, 0) is 37.3 Å². The zero-order valence-electron chi connectivity index (χ0n) is 13.2. The summed E-state index contributed by atoms with van der Waals surface area (Å²) in [5, 5.41) is 0. The predicted molar refractivity (Wildman–Crippen MR) is 82.4 cm³/mol. The number of carbonyl (C=O) groups is 2. The molecule has 0 aromatic heterocycles. The van der Waals surface area contributed by atoms with E-state index in [1.54, 1.807) is 11.8 Å². The van der Waals surface area contributed by atoms with E-state index in [-0.39, 0.29) is 12.2 Å². The molecule has 1 amide bonds. The van der Waals surface area contributed by atoms with Crippen molar-refractivity contribution in [1.82, 2.24) is 4.90 Å². The van der Waals surface area contributed by atoms with Crippen LogP contribution in [0.4, 0.5) is 4.39 Å². The molecule has 1 fully saturated rings. The Morgan fingerprint density at radius 1 is 1.32 bits per heavy atom. The van der Waals surface area contributed by atoms with Crippen molar-refractivity contribution in [1.29, 1.82) is 0 Å². The fraction of sp³-hybridized carbons (Fsp3) is 0.556. The Morgan fingerprint density at radius 3 is 2.59 bits per heavy atom. The van der Waals surface area contributed by atoms with Crippen molar-refractivity contribution in [3.8, 4) is 0 Å². The van der Waals surface area contributed by atoms with Crippen LogP contribution in [-0.4, -0.2) is 35.3 Å². The lowest BCUT2D eigenvalue weighted by molar-refractivity contribution is -0.146. The molecule has 4 heteroatoms. The topological polar surface area (TPSA) is 37.4 Å². The van der Waals surface area contributed by atoms with Gasteiger partial charge in [0.05, 0.1) is 5.41 Å². The highest BCUT2D eigenvalue weighted by Gasteiger charge is 2.49. The minimum atomic E-state index is -1.80. The lowest BCUT2D eigenvalue weighted by Gasteiger charge is -2.40. The maximum absolute atomic E-state index is 14.2. The van der Waals surface area contributed by atoms with Crippen LogP contribution in [0.2, 0.25) is 0 Å². The first-order valence-electron chi connectivity index (χ1n) is 8.01. The lowest BCUT2D eigenvalue weighted by Crippen LogP contribution is -2.52. The van der Waals surface area contributed by atoms with E-state index >= 15 is 0 Å². The molecule has 0 radical (unpaired) electrons. The number of ketones is 1. The van der Waals surface area contributed by atoms with Gasteiger partial charge in [0.25, 0.3) is 5.91 Å². The number of benzene rings is 1.